The van der Waals surface area contributed by atoms with E-state index in [-0.39, 0.29) is 5.97 Å². The maximum absolute atomic E-state index is 11.4. The Morgan fingerprint density at radius 3 is 2.79 bits per heavy atom. The van der Waals surface area contributed by atoms with E-state index in [1.54, 1.807) is 20.9 Å². The van der Waals surface area contributed by atoms with Gasteiger partial charge in [-0.1, -0.05) is 11.3 Å². The monoisotopic (exact) mass is 215 g/mol. The molecule has 0 aliphatic rings. The summed E-state index contributed by atoms with van der Waals surface area (Å²) in [5, 5.41) is 0. The third-order valence-electron chi connectivity index (χ3n) is 1.74. The Labute approximate surface area is 85.8 Å². The Bertz CT molecular complexity index is 405. The summed E-state index contributed by atoms with van der Waals surface area (Å²) < 4.78 is 6.27. The van der Waals surface area contributed by atoms with E-state index in [0.717, 1.165) is 0 Å². The van der Waals surface area contributed by atoms with Crippen molar-refractivity contribution < 1.29 is 9.53 Å². The molecule has 0 aliphatic heterocycles. The van der Waals surface area contributed by atoms with Crippen LogP contribution in [0.2, 0.25) is 0 Å². The number of carbonyl (C=O) groups excluding carboxylic acids is 1. The lowest BCUT2D eigenvalue weighted by Gasteiger charge is -1.99. The van der Waals surface area contributed by atoms with Gasteiger partial charge in [0.15, 0.2) is 0 Å². The Morgan fingerprint density at radius 1 is 1.71 bits per heavy atom. The van der Waals surface area contributed by atoms with Crippen LogP contribution >= 0.6 is 11.3 Å². The molecule has 0 atom stereocenters. The summed E-state index contributed by atoms with van der Waals surface area (Å²) in [5.41, 5.74) is 0.675. The minimum atomic E-state index is -0.343. The number of rotatable bonds is 2. The third-order valence-corrected chi connectivity index (χ3v) is 2.97. The number of esters is 1. The SMILES string of the molecule is CCOC(=O)c1sc(=NC)n(N)c1C. The van der Waals surface area contributed by atoms with Crippen molar-refractivity contribution in [1.29, 1.82) is 0 Å². The van der Waals surface area contributed by atoms with Crippen LogP contribution in [0, 0.1) is 6.92 Å². The van der Waals surface area contributed by atoms with Gasteiger partial charge < -0.3 is 10.6 Å². The van der Waals surface area contributed by atoms with Crippen molar-refractivity contribution in [1.82, 2.24) is 4.68 Å². The van der Waals surface area contributed by atoms with Crippen LogP contribution in [0.25, 0.3) is 0 Å². The number of carbonyl (C=O) groups is 1. The topological polar surface area (TPSA) is 69.6 Å². The number of aromatic nitrogens is 1. The number of nitrogen functional groups attached to an aromatic ring is 1. The van der Waals surface area contributed by atoms with E-state index in [4.69, 9.17) is 10.6 Å². The highest BCUT2D eigenvalue weighted by Gasteiger charge is 2.15. The van der Waals surface area contributed by atoms with Crippen molar-refractivity contribution in [3.8, 4) is 0 Å². The lowest BCUT2D eigenvalue weighted by Crippen LogP contribution is -2.24. The molecule has 1 heterocycles. The van der Waals surface area contributed by atoms with E-state index in [0.29, 0.717) is 22.0 Å². The van der Waals surface area contributed by atoms with Gasteiger partial charge in [0, 0.05) is 7.05 Å². The number of ether oxygens (including phenoxy) is 1. The average Bonchev–Trinajstić information content (AvgIpc) is 2.44. The van der Waals surface area contributed by atoms with Gasteiger partial charge in [-0.2, -0.15) is 0 Å². The van der Waals surface area contributed by atoms with E-state index in [1.165, 1.54) is 16.0 Å². The van der Waals surface area contributed by atoms with Crippen LogP contribution < -0.4 is 10.6 Å². The molecule has 5 nitrogen and oxygen atoms in total. The zero-order valence-corrected chi connectivity index (χ0v) is 9.22. The summed E-state index contributed by atoms with van der Waals surface area (Å²) in [5.74, 6) is 5.33. The molecular formula is C8H13N3O2S. The molecule has 0 aromatic carbocycles. The summed E-state index contributed by atoms with van der Waals surface area (Å²) in [7, 11) is 1.63. The molecule has 0 bridgehead atoms. The van der Waals surface area contributed by atoms with Gasteiger partial charge in [0.05, 0.1) is 12.3 Å². The van der Waals surface area contributed by atoms with Gasteiger partial charge >= 0.3 is 5.97 Å². The predicted molar refractivity (Wildman–Crippen MR) is 54.6 cm³/mol. The fraction of sp³-hybridized carbons (Fsp3) is 0.500. The van der Waals surface area contributed by atoms with Crippen LogP contribution in [0.3, 0.4) is 0 Å². The zero-order chi connectivity index (χ0) is 10.7. The largest absolute Gasteiger partial charge is 0.462 e. The molecule has 0 saturated heterocycles. The van der Waals surface area contributed by atoms with Crippen LogP contribution in [0.15, 0.2) is 4.99 Å². The number of nitrogens with zero attached hydrogens (tertiary/aromatic N) is 2. The van der Waals surface area contributed by atoms with Crippen molar-refractivity contribution in [2.24, 2.45) is 4.99 Å². The van der Waals surface area contributed by atoms with Crippen molar-refractivity contribution in [3.05, 3.63) is 15.4 Å². The normalized spacial score (nSPS) is 11.8. The van der Waals surface area contributed by atoms with E-state index >= 15 is 0 Å². The van der Waals surface area contributed by atoms with Crippen LogP contribution in [0.1, 0.15) is 22.3 Å². The van der Waals surface area contributed by atoms with Gasteiger partial charge in [-0.25, -0.2) is 9.47 Å². The highest BCUT2D eigenvalue weighted by Crippen LogP contribution is 2.11. The molecule has 2 N–H and O–H groups in total. The van der Waals surface area contributed by atoms with Gasteiger partial charge in [-0.15, -0.1) is 0 Å². The molecule has 0 radical (unpaired) electrons. The fourth-order valence-corrected chi connectivity index (χ4v) is 1.90. The molecule has 6 heteroatoms. The Balaban J connectivity index is 3.17. The van der Waals surface area contributed by atoms with Crippen molar-refractivity contribution in [2.45, 2.75) is 13.8 Å². The molecule has 78 valence electrons. The number of hydrogen-bond acceptors (Lipinski definition) is 5. The van der Waals surface area contributed by atoms with Gasteiger partial charge in [0.2, 0.25) is 4.80 Å². The maximum Gasteiger partial charge on any atom is 0.350 e. The summed E-state index contributed by atoms with van der Waals surface area (Å²) in [6.45, 7) is 3.89. The van der Waals surface area contributed by atoms with E-state index in [9.17, 15) is 4.79 Å². The number of hydrogen-bond donors (Lipinski definition) is 1. The highest BCUT2D eigenvalue weighted by molar-refractivity contribution is 7.11. The molecule has 1 aromatic heterocycles. The smallest absolute Gasteiger partial charge is 0.350 e. The summed E-state index contributed by atoms with van der Waals surface area (Å²) >= 11 is 1.23. The zero-order valence-electron chi connectivity index (χ0n) is 8.40. The second-order valence-electron chi connectivity index (χ2n) is 2.61. The van der Waals surface area contributed by atoms with E-state index in [2.05, 4.69) is 4.99 Å². The highest BCUT2D eigenvalue weighted by atomic mass is 32.1. The van der Waals surface area contributed by atoms with Gasteiger partial charge in [-0.05, 0) is 13.8 Å². The van der Waals surface area contributed by atoms with Crippen LogP contribution in [-0.4, -0.2) is 24.3 Å². The fourth-order valence-electron chi connectivity index (χ4n) is 1.01. The second kappa shape index (κ2) is 4.28. The quantitative estimate of drug-likeness (QED) is 0.569. The summed E-state index contributed by atoms with van der Waals surface area (Å²) in [4.78, 5) is 16.5. The molecule has 1 aromatic rings. The number of nitrogens with two attached hydrogens (primary N) is 1. The summed E-state index contributed by atoms with van der Waals surface area (Å²) in [6, 6.07) is 0. The maximum atomic E-state index is 11.4. The first-order valence-electron chi connectivity index (χ1n) is 4.19. The van der Waals surface area contributed by atoms with Crippen LogP contribution in [0.5, 0.6) is 0 Å². The van der Waals surface area contributed by atoms with Crippen molar-refractivity contribution >= 4 is 17.3 Å². The second-order valence-corrected chi connectivity index (χ2v) is 3.59. The van der Waals surface area contributed by atoms with Gasteiger partial charge in [0.25, 0.3) is 0 Å². The first-order valence-corrected chi connectivity index (χ1v) is 5.01. The molecule has 0 spiro atoms. The lowest BCUT2D eigenvalue weighted by atomic mass is 10.4. The minimum absolute atomic E-state index is 0.343. The molecule has 0 fully saturated rings. The summed E-state index contributed by atoms with van der Waals surface area (Å²) in [6.07, 6.45) is 0. The third kappa shape index (κ3) is 1.79. The predicted octanol–water partition coefficient (Wildman–Crippen LogP) is 0.279. The molecule has 1 rings (SSSR count). The molecule has 0 saturated carbocycles. The van der Waals surface area contributed by atoms with Crippen LogP contribution in [-0.2, 0) is 4.74 Å². The van der Waals surface area contributed by atoms with Gasteiger partial charge in [-0.3, -0.25) is 4.99 Å². The lowest BCUT2D eigenvalue weighted by molar-refractivity contribution is 0.0530. The minimum Gasteiger partial charge on any atom is -0.462 e. The molecular weight excluding hydrogens is 202 g/mol. The van der Waals surface area contributed by atoms with E-state index in [1.807, 2.05) is 0 Å². The molecule has 0 unspecified atom stereocenters. The molecule has 0 amide bonds. The first-order chi connectivity index (χ1) is 6.61. The Kier molecular flexibility index (Phi) is 3.29. The van der Waals surface area contributed by atoms with Crippen molar-refractivity contribution in [3.63, 3.8) is 0 Å². The Hall–Kier alpha value is -1.30. The van der Waals surface area contributed by atoms with Gasteiger partial charge in [0.1, 0.15) is 4.88 Å². The van der Waals surface area contributed by atoms with Crippen LogP contribution in [0.4, 0.5) is 0 Å². The molecule has 0 aliphatic carbocycles. The van der Waals surface area contributed by atoms with E-state index < -0.39 is 0 Å². The Morgan fingerprint density at radius 2 is 2.36 bits per heavy atom. The van der Waals surface area contributed by atoms with Crippen molar-refractivity contribution in [2.75, 3.05) is 19.5 Å². The first kappa shape index (κ1) is 10.8. The number of thiazole rings is 1. The standard InChI is InChI=1S/C8H13N3O2S/c1-4-13-7(12)6-5(2)11(9)8(10-3)14-6/h4,9H2,1-3H3. The average molecular weight is 215 g/mol. The molecule has 14 heavy (non-hydrogen) atoms.